The zero-order chi connectivity index (χ0) is 14.7. The van der Waals surface area contributed by atoms with Crippen molar-refractivity contribution in [2.24, 2.45) is 10.9 Å². The van der Waals surface area contributed by atoms with Crippen LogP contribution >= 0.6 is 27.5 Å². The number of amidine groups is 1. The Morgan fingerprint density at radius 3 is 2.70 bits per heavy atom. The molecule has 0 unspecified atom stereocenters. The van der Waals surface area contributed by atoms with Gasteiger partial charge in [0.1, 0.15) is 11.5 Å². The fraction of sp³-hybridized carbons (Fsp3) is 0.0714. The lowest BCUT2D eigenvalue weighted by Gasteiger charge is -2.12. The molecule has 0 bridgehead atoms. The van der Waals surface area contributed by atoms with Crippen LogP contribution in [0.3, 0.4) is 0 Å². The summed E-state index contributed by atoms with van der Waals surface area (Å²) in [5, 5.41) is 12.3. The van der Waals surface area contributed by atoms with Gasteiger partial charge in [-0.15, -0.1) is 0 Å². The predicted octanol–water partition coefficient (Wildman–Crippen LogP) is 4.30. The molecule has 20 heavy (non-hydrogen) atoms. The van der Waals surface area contributed by atoms with E-state index in [-0.39, 0.29) is 5.84 Å². The van der Waals surface area contributed by atoms with E-state index in [9.17, 15) is 0 Å². The number of hydrogen-bond donors (Lipinski definition) is 2. The molecule has 0 aliphatic rings. The van der Waals surface area contributed by atoms with Crippen LogP contribution in [0, 0.1) is 6.92 Å². The first-order chi connectivity index (χ1) is 9.51. The quantitative estimate of drug-likeness (QED) is 0.373. The molecule has 4 nitrogen and oxygen atoms in total. The molecule has 2 aromatic carbocycles. The van der Waals surface area contributed by atoms with Crippen LogP contribution in [0.15, 0.2) is 46.0 Å². The molecule has 2 rings (SSSR count). The second-order valence-corrected chi connectivity index (χ2v) is 5.48. The summed E-state index contributed by atoms with van der Waals surface area (Å²) in [6, 6.07) is 10.7. The number of hydrogen-bond acceptors (Lipinski definition) is 3. The molecule has 0 atom stereocenters. The van der Waals surface area contributed by atoms with Gasteiger partial charge in [0.05, 0.1) is 10.6 Å². The number of rotatable bonds is 3. The van der Waals surface area contributed by atoms with Crippen LogP contribution in [-0.2, 0) is 0 Å². The average molecular weight is 356 g/mol. The molecule has 0 saturated carbocycles. The van der Waals surface area contributed by atoms with Gasteiger partial charge >= 0.3 is 0 Å². The van der Waals surface area contributed by atoms with Gasteiger partial charge in [-0.25, -0.2) is 0 Å². The zero-order valence-electron chi connectivity index (χ0n) is 10.6. The molecule has 0 radical (unpaired) electrons. The number of oxime groups is 1. The lowest BCUT2D eigenvalue weighted by atomic mass is 10.1. The van der Waals surface area contributed by atoms with Crippen LogP contribution in [0.5, 0.6) is 11.5 Å². The van der Waals surface area contributed by atoms with Gasteiger partial charge in [0, 0.05) is 4.47 Å². The summed E-state index contributed by atoms with van der Waals surface area (Å²) in [5.74, 6) is 0.928. The molecule has 0 aromatic heterocycles. The molecular formula is C14H12BrClN2O2. The highest BCUT2D eigenvalue weighted by atomic mass is 79.9. The Morgan fingerprint density at radius 2 is 2.00 bits per heavy atom. The monoisotopic (exact) mass is 354 g/mol. The first kappa shape index (κ1) is 14.7. The third kappa shape index (κ3) is 3.23. The van der Waals surface area contributed by atoms with Crippen molar-refractivity contribution in [1.82, 2.24) is 0 Å². The van der Waals surface area contributed by atoms with Gasteiger partial charge in [0.15, 0.2) is 5.84 Å². The Morgan fingerprint density at radius 1 is 1.25 bits per heavy atom. The van der Waals surface area contributed by atoms with Crippen molar-refractivity contribution in [3.63, 3.8) is 0 Å². The van der Waals surface area contributed by atoms with E-state index >= 15 is 0 Å². The van der Waals surface area contributed by atoms with Gasteiger partial charge in [-0.2, -0.15) is 0 Å². The first-order valence-electron chi connectivity index (χ1n) is 5.72. The highest BCUT2D eigenvalue weighted by molar-refractivity contribution is 9.10. The first-order valence-corrected chi connectivity index (χ1v) is 6.90. The van der Waals surface area contributed by atoms with E-state index in [0.29, 0.717) is 22.1 Å². The van der Waals surface area contributed by atoms with Gasteiger partial charge < -0.3 is 15.7 Å². The highest BCUT2D eigenvalue weighted by Crippen LogP contribution is 2.33. The molecule has 0 fully saturated rings. The van der Waals surface area contributed by atoms with Crippen molar-refractivity contribution in [2.75, 3.05) is 0 Å². The van der Waals surface area contributed by atoms with E-state index in [1.165, 1.54) is 0 Å². The van der Waals surface area contributed by atoms with E-state index in [0.717, 1.165) is 10.0 Å². The van der Waals surface area contributed by atoms with Gasteiger partial charge in [0.25, 0.3) is 0 Å². The molecule has 0 amide bonds. The largest absolute Gasteiger partial charge is 0.455 e. The predicted molar refractivity (Wildman–Crippen MR) is 82.9 cm³/mol. The van der Waals surface area contributed by atoms with Crippen molar-refractivity contribution in [3.05, 3.63) is 57.0 Å². The zero-order valence-corrected chi connectivity index (χ0v) is 12.9. The summed E-state index contributed by atoms with van der Waals surface area (Å²) in [7, 11) is 0. The standard InChI is InChI=1S/C14H12BrClN2O2/c1-8-2-5-12(10(6-8)14(17)18-19)20-13-7-9(15)3-4-11(13)16/h2-7,19H,1H3,(H2,17,18). The molecule has 0 aliphatic carbocycles. The maximum atomic E-state index is 8.84. The van der Waals surface area contributed by atoms with Gasteiger partial charge in [-0.3, -0.25) is 0 Å². The summed E-state index contributed by atoms with van der Waals surface area (Å²) in [6.07, 6.45) is 0. The van der Waals surface area contributed by atoms with E-state index < -0.39 is 0 Å². The van der Waals surface area contributed by atoms with Crippen molar-refractivity contribution in [1.29, 1.82) is 0 Å². The van der Waals surface area contributed by atoms with Crippen LogP contribution in [-0.4, -0.2) is 11.0 Å². The van der Waals surface area contributed by atoms with Crippen LogP contribution in [0.4, 0.5) is 0 Å². The Hall–Kier alpha value is -1.72. The average Bonchev–Trinajstić information content (AvgIpc) is 2.43. The van der Waals surface area contributed by atoms with E-state index in [1.54, 1.807) is 24.3 Å². The minimum Gasteiger partial charge on any atom is -0.455 e. The number of ether oxygens (including phenoxy) is 1. The lowest BCUT2D eigenvalue weighted by molar-refractivity contribution is 0.318. The van der Waals surface area contributed by atoms with Crippen LogP contribution in [0.2, 0.25) is 5.02 Å². The molecule has 104 valence electrons. The topological polar surface area (TPSA) is 67.8 Å². The van der Waals surface area contributed by atoms with E-state index in [4.69, 9.17) is 27.3 Å². The minimum atomic E-state index is -0.0187. The van der Waals surface area contributed by atoms with E-state index in [2.05, 4.69) is 21.1 Å². The number of nitrogens with two attached hydrogens (primary N) is 1. The molecule has 0 spiro atoms. The summed E-state index contributed by atoms with van der Waals surface area (Å²) < 4.78 is 6.61. The van der Waals surface area contributed by atoms with Crippen molar-refractivity contribution in [3.8, 4) is 11.5 Å². The molecule has 0 heterocycles. The number of halogens is 2. The Bertz CT molecular complexity index is 674. The fourth-order valence-corrected chi connectivity index (χ4v) is 2.16. The molecule has 6 heteroatoms. The fourth-order valence-electron chi connectivity index (χ4n) is 1.66. The number of benzene rings is 2. The SMILES string of the molecule is Cc1ccc(Oc2cc(Br)ccc2Cl)c(/C(N)=N/O)c1. The number of aryl methyl sites for hydroxylation is 1. The normalized spacial score (nSPS) is 11.4. The van der Waals surface area contributed by atoms with Gasteiger partial charge in [-0.05, 0) is 37.3 Å². The number of nitrogens with zero attached hydrogens (tertiary/aromatic N) is 1. The second kappa shape index (κ2) is 6.15. The Kier molecular flexibility index (Phi) is 4.52. The molecule has 0 saturated heterocycles. The summed E-state index contributed by atoms with van der Waals surface area (Å²) in [4.78, 5) is 0. The molecule has 0 aliphatic heterocycles. The molecule has 2 aromatic rings. The summed E-state index contributed by atoms with van der Waals surface area (Å²) >= 11 is 9.44. The van der Waals surface area contributed by atoms with Crippen LogP contribution in [0.25, 0.3) is 0 Å². The minimum absolute atomic E-state index is 0.0187. The highest BCUT2D eigenvalue weighted by Gasteiger charge is 2.12. The van der Waals surface area contributed by atoms with Crippen LogP contribution in [0.1, 0.15) is 11.1 Å². The maximum Gasteiger partial charge on any atom is 0.173 e. The molecule has 3 N–H and O–H groups in total. The van der Waals surface area contributed by atoms with Crippen molar-refractivity contribution in [2.45, 2.75) is 6.92 Å². The molecular weight excluding hydrogens is 344 g/mol. The van der Waals surface area contributed by atoms with Crippen molar-refractivity contribution >= 4 is 33.4 Å². The van der Waals surface area contributed by atoms with E-state index in [1.807, 2.05) is 19.1 Å². The third-order valence-corrected chi connectivity index (χ3v) is 3.44. The smallest absolute Gasteiger partial charge is 0.173 e. The third-order valence-electron chi connectivity index (χ3n) is 2.63. The Labute approximate surface area is 129 Å². The van der Waals surface area contributed by atoms with Crippen LogP contribution < -0.4 is 10.5 Å². The lowest BCUT2D eigenvalue weighted by Crippen LogP contribution is -2.14. The summed E-state index contributed by atoms with van der Waals surface area (Å²) in [6.45, 7) is 1.91. The summed E-state index contributed by atoms with van der Waals surface area (Å²) in [5.41, 5.74) is 7.14. The maximum absolute atomic E-state index is 8.84. The van der Waals surface area contributed by atoms with Gasteiger partial charge in [-0.1, -0.05) is 44.3 Å². The second-order valence-electron chi connectivity index (χ2n) is 4.16. The van der Waals surface area contributed by atoms with Gasteiger partial charge in [0.2, 0.25) is 0 Å². The Balaban J connectivity index is 2.46. The van der Waals surface area contributed by atoms with Crippen molar-refractivity contribution < 1.29 is 9.94 Å².